The molecule has 2 N–H and O–H groups in total. The first-order chi connectivity index (χ1) is 7.30. The lowest BCUT2D eigenvalue weighted by Gasteiger charge is -2.17. The largest absolute Gasteiger partial charge is 0.392 e. The summed E-state index contributed by atoms with van der Waals surface area (Å²) in [6.07, 6.45) is 1.73. The Kier molecular flexibility index (Phi) is 4.10. The second kappa shape index (κ2) is 4.97. The fraction of sp³-hybridized carbons (Fsp3) is 0.750. The normalized spacial score (nSPS) is 14.1. The van der Waals surface area contributed by atoms with E-state index in [0.717, 1.165) is 12.2 Å². The zero-order valence-electron chi connectivity index (χ0n) is 10.9. The molecule has 0 aliphatic rings. The van der Waals surface area contributed by atoms with Crippen molar-refractivity contribution in [1.29, 1.82) is 0 Å². The molecule has 0 fully saturated rings. The third kappa shape index (κ3) is 3.61. The highest BCUT2D eigenvalue weighted by Crippen LogP contribution is 2.23. The van der Waals surface area contributed by atoms with Crippen molar-refractivity contribution in [2.75, 3.05) is 6.54 Å². The zero-order valence-corrected chi connectivity index (χ0v) is 10.9. The van der Waals surface area contributed by atoms with Gasteiger partial charge in [0.2, 0.25) is 0 Å². The minimum absolute atomic E-state index is 0.0586. The van der Waals surface area contributed by atoms with Crippen LogP contribution in [0.2, 0.25) is 0 Å². The number of nitrogens with one attached hydrogen (secondary N) is 1. The van der Waals surface area contributed by atoms with E-state index in [9.17, 15) is 5.11 Å². The van der Waals surface area contributed by atoms with E-state index in [-0.39, 0.29) is 11.5 Å². The van der Waals surface area contributed by atoms with Crippen LogP contribution >= 0.6 is 0 Å². The van der Waals surface area contributed by atoms with Crippen molar-refractivity contribution in [3.05, 3.63) is 17.5 Å². The molecule has 0 aliphatic carbocycles. The number of aromatic nitrogens is 2. The van der Waals surface area contributed by atoms with E-state index < -0.39 is 0 Å². The maximum atomic E-state index is 9.18. The molecule has 0 bridgehead atoms. The molecule has 1 atom stereocenters. The summed E-state index contributed by atoms with van der Waals surface area (Å²) in [4.78, 5) is 0. The van der Waals surface area contributed by atoms with Crippen LogP contribution in [0.3, 0.4) is 0 Å². The van der Waals surface area contributed by atoms with E-state index >= 15 is 0 Å². The van der Waals surface area contributed by atoms with Crippen LogP contribution in [0.25, 0.3) is 0 Å². The number of nitrogens with zero attached hydrogens (tertiary/aromatic N) is 2. The average molecular weight is 225 g/mol. The fourth-order valence-electron chi connectivity index (χ4n) is 1.71. The van der Waals surface area contributed by atoms with Gasteiger partial charge in [-0.15, -0.1) is 0 Å². The third-order valence-electron chi connectivity index (χ3n) is 2.37. The Labute approximate surface area is 97.7 Å². The lowest BCUT2D eigenvalue weighted by Crippen LogP contribution is -2.25. The van der Waals surface area contributed by atoms with E-state index in [1.807, 2.05) is 17.9 Å². The van der Waals surface area contributed by atoms with Crippen LogP contribution in [-0.4, -0.2) is 27.5 Å². The van der Waals surface area contributed by atoms with Crippen LogP contribution in [0.1, 0.15) is 39.0 Å². The van der Waals surface area contributed by atoms with Crippen molar-refractivity contribution in [2.24, 2.45) is 7.05 Å². The van der Waals surface area contributed by atoms with Crippen molar-refractivity contribution in [1.82, 2.24) is 15.1 Å². The van der Waals surface area contributed by atoms with Gasteiger partial charge < -0.3 is 10.4 Å². The van der Waals surface area contributed by atoms with Gasteiger partial charge >= 0.3 is 0 Å². The number of aliphatic hydroxyl groups excluding tert-OH is 1. The van der Waals surface area contributed by atoms with Crippen LogP contribution in [0.4, 0.5) is 0 Å². The Morgan fingerprint density at radius 3 is 2.62 bits per heavy atom. The van der Waals surface area contributed by atoms with Gasteiger partial charge in [-0.1, -0.05) is 20.8 Å². The van der Waals surface area contributed by atoms with Gasteiger partial charge in [0, 0.05) is 37.3 Å². The van der Waals surface area contributed by atoms with Gasteiger partial charge in [-0.3, -0.25) is 4.68 Å². The summed E-state index contributed by atoms with van der Waals surface area (Å²) in [5, 5.41) is 16.9. The number of hydrogen-bond acceptors (Lipinski definition) is 3. The molecule has 0 radical (unpaired) electrons. The summed E-state index contributed by atoms with van der Waals surface area (Å²) in [6.45, 7) is 9.62. The van der Waals surface area contributed by atoms with E-state index in [4.69, 9.17) is 0 Å². The van der Waals surface area contributed by atoms with Gasteiger partial charge in [0.25, 0.3) is 0 Å². The predicted octanol–water partition coefficient (Wildman–Crippen LogP) is 1.19. The summed E-state index contributed by atoms with van der Waals surface area (Å²) in [5.74, 6) is 0. The van der Waals surface area contributed by atoms with Crippen LogP contribution in [0.15, 0.2) is 6.20 Å². The minimum atomic E-state index is -0.310. The Morgan fingerprint density at radius 1 is 1.50 bits per heavy atom. The summed E-state index contributed by atoms with van der Waals surface area (Å²) in [7, 11) is 1.94. The number of aryl methyl sites for hydroxylation is 1. The third-order valence-corrected chi connectivity index (χ3v) is 2.37. The molecule has 0 saturated carbocycles. The smallest absolute Gasteiger partial charge is 0.0722 e. The average Bonchev–Trinajstić information content (AvgIpc) is 2.45. The molecule has 0 spiro atoms. The van der Waals surface area contributed by atoms with Crippen molar-refractivity contribution in [3.8, 4) is 0 Å². The highest BCUT2D eigenvalue weighted by atomic mass is 16.3. The predicted molar refractivity (Wildman–Crippen MR) is 65.3 cm³/mol. The van der Waals surface area contributed by atoms with Gasteiger partial charge in [-0.25, -0.2) is 0 Å². The van der Waals surface area contributed by atoms with Crippen LogP contribution < -0.4 is 5.32 Å². The van der Waals surface area contributed by atoms with Gasteiger partial charge in [0.15, 0.2) is 0 Å². The molecule has 4 nitrogen and oxygen atoms in total. The Bertz CT molecular complexity index is 337. The molecule has 0 unspecified atom stereocenters. The van der Waals surface area contributed by atoms with Crippen molar-refractivity contribution in [2.45, 2.75) is 45.8 Å². The molecule has 0 aliphatic heterocycles. The van der Waals surface area contributed by atoms with Gasteiger partial charge in [0.05, 0.1) is 11.8 Å². The lowest BCUT2D eigenvalue weighted by atomic mass is 9.89. The molecule has 1 aromatic heterocycles. The first-order valence-electron chi connectivity index (χ1n) is 5.72. The fourth-order valence-corrected chi connectivity index (χ4v) is 1.71. The maximum absolute atomic E-state index is 9.18. The van der Waals surface area contributed by atoms with Crippen molar-refractivity contribution in [3.63, 3.8) is 0 Å². The summed E-state index contributed by atoms with van der Waals surface area (Å²) in [5.41, 5.74) is 2.38. The quantitative estimate of drug-likeness (QED) is 0.809. The first-order valence-corrected chi connectivity index (χ1v) is 5.72. The van der Waals surface area contributed by atoms with Gasteiger partial charge in [-0.2, -0.15) is 5.10 Å². The topological polar surface area (TPSA) is 50.1 Å². The molecule has 92 valence electrons. The first kappa shape index (κ1) is 13.2. The Hall–Kier alpha value is -0.870. The number of hydrogen-bond donors (Lipinski definition) is 2. The van der Waals surface area contributed by atoms with E-state index in [1.165, 1.54) is 5.56 Å². The molecule has 4 heteroatoms. The second-order valence-corrected chi connectivity index (χ2v) is 5.41. The van der Waals surface area contributed by atoms with Crippen LogP contribution in [0, 0.1) is 0 Å². The van der Waals surface area contributed by atoms with Gasteiger partial charge in [0.1, 0.15) is 0 Å². The van der Waals surface area contributed by atoms with Crippen LogP contribution in [-0.2, 0) is 19.0 Å². The number of aliphatic hydroxyl groups is 1. The SMILES string of the molecule is C[C@@H](O)CNCc1cn(C)nc1C(C)(C)C. The molecule has 1 heterocycles. The molecular weight excluding hydrogens is 202 g/mol. The summed E-state index contributed by atoms with van der Waals surface area (Å²) in [6, 6.07) is 0. The highest BCUT2D eigenvalue weighted by Gasteiger charge is 2.21. The van der Waals surface area contributed by atoms with E-state index in [0.29, 0.717) is 6.54 Å². The molecular formula is C12H23N3O. The standard InChI is InChI=1S/C12H23N3O/c1-9(16)6-13-7-10-8-15(5)14-11(10)12(2,3)4/h8-9,13,16H,6-7H2,1-5H3/t9-/m1/s1. The van der Waals surface area contributed by atoms with Crippen LogP contribution in [0.5, 0.6) is 0 Å². The maximum Gasteiger partial charge on any atom is 0.0722 e. The Morgan fingerprint density at radius 2 is 2.12 bits per heavy atom. The zero-order chi connectivity index (χ0) is 12.3. The molecule has 0 saturated heterocycles. The van der Waals surface area contributed by atoms with E-state index in [2.05, 4.69) is 31.2 Å². The molecule has 1 rings (SSSR count). The minimum Gasteiger partial charge on any atom is -0.392 e. The van der Waals surface area contributed by atoms with Crippen molar-refractivity contribution < 1.29 is 5.11 Å². The monoisotopic (exact) mass is 225 g/mol. The molecule has 0 aromatic carbocycles. The molecule has 0 amide bonds. The summed E-state index contributed by atoms with van der Waals surface area (Å²) < 4.78 is 1.85. The molecule has 1 aromatic rings. The molecule has 16 heavy (non-hydrogen) atoms. The van der Waals surface area contributed by atoms with Crippen molar-refractivity contribution >= 4 is 0 Å². The number of rotatable bonds is 4. The summed E-state index contributed by atoms with van der Waals surface area (Å²) >= 11 is 0. The second-order valence-electron chi connectivity index (χ2n) is 5.41. The van der Waals surface area contributed by atoms with E-state index in [1.54, 1.807) is 6.92 Å². The Balaban J connectivity index is 2.72. The van der Waals surface area contributed by atoms with Gasteiger partial charge in [-0.05, 0) is 6.92 Å². The highest BCUT2D eigenvalue weighted by molar-refractivity contribution is 5.23. The lowest BCUT2D eigenvalue weighted by molar-refractivity contribution is 0.191.